The molecule has 1 aliphatic rings. The van der Waals surface area contributed by atoms with Gasteiger partial charge < -0.3 is 9.84 Å². The number of aliphatic carboxylic acids is 1. The van der Waals surface area contributed by atoms with Crippen molar-refractivity contribution >= 4 is 5.97 Å². The molecule has 1 aromatic rings. The Hall–Kier alpha value is -1.40. The normalized spacial score (nSPS) is 21.1. The summed E-state index contributed by atoms with van der Waals surface area (Å²) in [6, 6.07) is 2.00. The van der Waals surface area contributed by atoms with E-state index >= 15 is 0 Å². The van der Waals surface area contributed by atoms with Crippen LogP contribution in [-0.4, -0.2) is 52.0 Å². The van der Waals surface area contributed by atoms with Crippen LogP contribution in [0.15, 0.2) is 6.07 Å². The highest BCUT2D eigenvalue weighted by Crippen LogP contribution is 2.21. The highest BCUT2D eigenvalue weighted by Gasteiger charge is 2.26. The molecule has 1 aromatic heterocycles. The van der Waals surface area contributed by atoms with E-state index in [1.54, 1.807) is 0 Å². The van der Waals surface area contributed by atoms with Crippen LogP contribution in [-0.2, 0) is 21.5 Å². The van der Waals surface area contributed by atoms with Crippen molar-refractivity contribution in [1.29, 1.82) is 0 Å². The number of nitrogens with one attached hydrogen (secondary N) is 1. The van der Waals surface area contributed by atoms with E-state index in [1.165, 1.54) is 0 Å². The highest BCUT2D eigenvalue weighted by molar-refractivity contribution is 5.67. The largest absolute Gasteiger partial charge is 0.481 e. The Kier molecular flexibility index (Phi) is 4.45. The molecule has 2 N–H and O–H groups in total. The summed E-state index contributed by atoms with van der Waals surface area (Å²) in [5.74, 6) is -0.787. The van der Waals surface area contributed by atoms with Crippen molar-refractivity contribution in [3.05, 3.63) is 17.5 Å². The first-order valence-electron chi connectivity index (χ1n) is 6.94. The predicted octanol–water partition coefficient (Wildman–Crippen LogP) is 1.38. The summed E-state index contributed by atoms with van der Waals surface area (Å²) in [5, 5.41) is 16.4. The van der Waals surface area contributed by atoms with Crippen LogP contribution in [0.1, 0.15) is 38.6 Å². The fraction of sp³-hybridized carbons (Fsp3) is 0.714. The number of hydrogen-bond donors (Lipinski definition) is 2. The van der Waals surface area contributed by atoms with Crippen LogP contribution in [0.25, 0.3) is 0 Å². The molecule has 0 aromatic carbocycles. The smallest absolute Gasteiger partial charge is 0.305 e. The Morgan fingerprint density at radius 1 is 1.60 bits per heavy atom. The van der Waals surface area contributed by atoms with E-state index < -0.39 is 5.97 Å². The SMILES string of the molecule is CC(C)(C)c1cc(CN2CCOCC2CC(=O)O)[nH]n1. The van der Waals surface area contributed by atoms with Crippen LogP contribution < -0.4 is 0 Å². The number of aromatic amines is 1. The van der Waals surface area contributed by atoms with E-state index in [-0.39, 0.29) is 17.9 Å². The predicted molar refractivity (Wildman–Crippen MR) is 74.6 cm³/mol. The van der Waals surface area contributed by atoms with Gasteiger partial charge in [-0.2, -0.15) is 5.10 Å². The minimum Gasteiger partial charge on any atom is -0.481 e. The van der Waals surface area contributed by atoms with Gasteiger partial charge >= 0.3 is 5.97 Å². The molecule has 1 fully saturated rings. The minimum absolute atomic E-state index is 0.0141. The quantitative estimate of drug-likeness (QED) is 0.872. The van der Waals surface area contributed by atoms with Gasteiger partial charge in [-0.1, -0.05) is 20.8 Å². The van der Waals surface area contributed by atoms with Crippen molar-refractivity contribution in [3.8, 4) is 0 Å². The summed E-state index contributed by atoms with van der Waals surface area (Å²) in [6.07, 6.45) is 0.111. The molecule has 1 aliphatic heterocycles. The third-order valence-electron chi connectivity index (χ3n) is 3.53. The Morgan fingerprint density at radius 3 is 2.95 bits per heavy atom. The number of aromatic nitrogens is 2. The second-order valence-corrected chi connectivity index (χ2v) is 6.33. The topological polar surface area (TPSA) is 78.5 Å². The van der Waals surface area contributed by atoms with E-state index in [1.807, 2.05) is 0 Å². The Labute approximate surface area is 119 Å². The van der Waals surface area contributed by atoms with Gasteiger partial charge in [-0.15, -0.1) is 0 Å². The molecule has 1 unspecified atom stereocenters. The monoisotopic (exact) mass is 281 g/mol. The minimum atomic E-state index is -0.787. The summed E-state index contributed by atoms with van der Waals surface area (Å²) in [7, 11) is 0. The van der Waals surface area contributed by atoms with Gasteiger partial charge in [0.25, 0.3) is 0 Å². The average molecular weight is 281 g/mol. The Balaban J connectivity index is 2.03. The number of carboxylic acids is 1. The third-order valence-corrected chi connectivity index (χ3v) is 3.53. The molecule has 1 atom stereocenters. The van der Waals surface area contributed by atoms with Crippen LogP contribution in [0, 0.1) is 0 Å². The van der Waals surface area contributed by atoms with Crippen molar-refractivity contribution in [2.75, 3.05) is 19.8 Å². The van der Waals surface area contributed by atoms with E-state index in [4.69, 9.17) is 9.84 Å². The van der Waals surface area contributed by atoms with Gasteiger partial charge in [0.1, 0.15) is 0 Å². The van der Waals surface area contributed by atoms with E-state index in [9.17, 15) is 4.79 Å². The lowest BCUT2D eigenvalue weighted by atomic mass is 9.92. The fourth-order valence-corrected chi connectivity index (χ4v) is 2.33. The first-order valence-corrected chi connectivity index (χ1v) is 6.94. The maximum Gasteiger partial charge on any atom is 0.305 e. The van der Waals surface area contributed by atoms with Crippen LogP contribution in [0.4, 0.5) is 0 Å². The molecule has 0 spiro atoms. The summed E-state index contributed by atoms with van der Waals surface area (Å²) in [6.45, 7) is 8.92. The van der Waals surface area contributed by atoms with Crippen molar-refractivity contribution in [2.45, 2.75) is 45.2 Å². The second-order valence-electron chi connectivity index (χ2n) is 6.33. The third kappa shape index (κ3) is 3.80. The van der Waals surface area contributed by atoms with Crippen molar-refractivity contribution in [1.82, 2.24) is 15.1 Å². The average Bonchev–Trinajstić information content (AvgIpc) is 2.79. The van der Waals surface area contributed by atoms with Crippen molar-refractivity contribution in [2.24, 2.45) is 0 Å². The Morgan fingerprint density at radius 2 is 2.35 bits per heavy atom. The second kappa shape index (κ2) is 5.93. The van der Waals surface area contributed by atoms with Gasteiger partial charge in [-0.05, 0) is 6.07 Å². The summed E-state index contributed by atoms with van der Waals surface area (Å²) in [5.41, 5.74) is 2.06. The number of H-pyrrole nitrogens is 1. The fourth-order valence-electron chi connectivity index (χ4n) is 2.33. The summed E-state index contributed by atoms with van der Waals surface area (Å²) < 4.78 is 5.38. The molecular formula is C14H23N3O3. The number of nitrogens with zero attached hydrogens (tertiary/aromatic N) is 2. The number of ether oxygens (including phenoxy) is 1. The molecule has 0 amide bonds. The summed E-state index contributed by atoms with van der Waals surface area (Å²) in [4.78, 5) is 13.0. The number of hydrogen-bond acceptors (Lipinski definition) is 4. The number of rotatable bonds is 4. The first kappa shape index (κ1) is 15.0. The van der Waals surface area contributed by atoms with Gasteiger partial charge in [-0.25, -0.2) is 0 Å². The summed E-state index contributed by atoms with van der Waals surface area (Å²) >= 11 is 0. The maximum absolute atomic E-state index is 10.9. The van der Waals surface area contributed by atoms with Crippen molar-refractivity contribution < 1.29 is 14.6 Å². The zero-order valence-electron chi connectivity index (χ0n) is 12.3. The van der Waals surface area contributed by atoms with Crippen LogP contribution >= 0.6 is 0 Å². The molecule has 0 bridgehead atoms. The highest BCUT2D eigenvalue weighted by atomic mass is 16.5. The molecule has 0 radical (unpaired) electrons. The Bertz CT molecular complexity index is 464. The van der Waals surface area contributed by atoms with Gasteiger partial charge in [0.2, 0.25) is 0 Å². The lowest BCUT2D eigenvalue weighted by Crippen LogP contribution is -2.45. The molecule has 6 nitrogen and oxygen atoms in total. The zero-order chi connectivity index (χ0) is 14.8. The molecule has 2 heterocycles. The molecule has 20 heavy (non-hydrogen) atoms. The molecule has 0 aliphatic carbocycles. The van der Waals surface area contributed by atoms with E-state index in [0.717, 1.165) is 17.9 Å². The zero-order valence-corrected chi connectivity index (χ0v) is 12.3. The first-order chi connectivity index (χ1) is 9.36. The van der Waals surface area contributed by atoms with E-state index in [0.29, 0.717) is 19.8 Å². The molecule has 112 valence electrons. The van der Waals surface area contributed by atoms with Gasteiger partial charge in [0, 0.05) is 30.2 Å². The van der Waals surface area contributed by atoms with Gasteiger partial charge in [-0.3, -0.25) is 14.8 Å². The number of carbonyl (C=O) groups is 1. The number of morpholine rings is 1. The maximum atomic E-state index is 10.9. The molecule has 6 heteroatoms. The molecule has 0 saturated carbocycles. The van der Waals surface area contributed by atoms with Crippen LogP contribution in [0.5, 0.6) is 0 Å². The van der Waals surface area contributed by atoms with Crippen LogP contribution in [0.3, 0.4) is 0 Å². The molecular weight excluding hydrogens is 258 g/mol. The molecule has 2 rings (SSSR count). The number of carboxylic acid groups (broad SMARTS) is 1. The van der Waals surface area contributed by atoms with Crippen LogP contribution in [0.2, 0.25) is 0 Å². The van der Waals surface area contributed by atoms with Crippen molar-refractivity contribution in [3.63, 3.8) is 0 Å². The lowest BCUT2D eigenvalue weighted by Gasteiger charge is -2.34. The standard InChI is InChI=1S/C14H23N3O3/c1-14(2,3)12-6-10(15-16-12)8-17-4-5-20-9-11(17)7-13(18)19/h6,11H,4-5,7-9H2,1-3H3,(H,15,16)(H,18,19). The lowest BCUT2D eigenvalue weighted by molar-refractivity contribution is -0.140. The van der Waals surface area contributed by atoms with Gasteiger partial charge in [0.05, 0.1) is 25.3 Å². The van der Waals surface area contributed by atoms with Gasteiger partial charge in [0.15, 0.2) is 0 Å². The van der Waals surface area contributed by atoms with E-state index in [2.05, 4.69) is 41.9 Å². The molecule has 1 saturated heterocycles.